The Hall–Kier alpha value is 0.290. The minimum atomic E-state index is -1.56. The molecule has 5 heteroatoms. The molecule has 0 aliphatic carbocycles. The first kappa shape index (κ1) is 7.29. The van der Waals surface area contributed by atoms with Crippen LogP contribution in [0.25, 0.3) is 0 Å². The predicted octanol–water partition coefficient (Wildman–Crippen LogP) is -0.698. The van der Waals surface area contributed by atoms with Gasteiger partial charge in [0.1, 0.15) is 0 Å². The molecule has 0 fully saturated rings. The molecule has 0 bridgehead atoms. The van der Waals surface area contributed by atoms with Crippen LogP contribution in [0, 0.1) is 0 Å². The smallest absolute Gasteiger partial charge is 0.0380 e. The third kappa shape index (κ3) is 6.29. The second-order valence-electron chi connectivity index (χ2n) is 0.815. The van der Waals surface area contributed by atoms with Gasteiger partial charge in [0.2, 0.25) is 0 Å². The van der Waals surface area contributed by atoms with Crippen molar-refractivity contribution in [3.8, 4) is 0 Å². The maximum Gasteiger partial charge on any atom is 0.0380 e. The van der Waals surface area contributed by atoms with Crippen LogP contribution in [0.1, 0.15) is 0 Å². The highest BCUT2D eigenvalue weighted by atomic mass is 32.8. The molecular weight excluding hydrogens is 134 g/mol. The highest BCUT2D eigenvalue weighted by Crippen LogP contribution is 1.67. The summed E-state index contributed by atoms with van der Waals surface area (Å²) in [7, 11) is -1.56. The second-order valence-corrected chi connectivity index (χ2v) is 2.28. The summed E-state index contributed by atoms with van der Waals surface area (Å²) < 4.78 is 14.2. The Balaban J connectivity index is 2.98. The SMILES string of the molecule is NCCO[S-](=O)=S. The quantitative estimate of drug-likeness (QED) is 0.527. The van der Waals surface area contributed by atoms with Crippen LogP contribution in [0.15, 0.2) is 0 Å². The molecule has 0 heterocycles. The van der Waals surface area contributed by atoms with Gasteiger partial charge in [-0.2, -0.15) is 0 Å². The Morgan fingerprint density at radius 3 is 2.57 bits per heavy atom. The van der Waals surface area contributed by atoms with Crippen LogP contribution in [0.5, 0.6) is 0 Å². The lowest BCUT2D eigenvalue weighted by molar-refractivity contribution is 0.362. The van der Waals surface area contributed by atoms with E-state index in [0.29, 0.717) is 6.54 Å². The molecule has 0 atom stereocenters. The Bertz CT molecular complexity index is 91.9. The van der Waals surface area contributed by atoms with Gasteiger partial charge in [0.15, 0.2) is 0 Å². The topological polar surface area (TPSA) is 52.3 Å². The zero-order valence-electron chi connectivity index (χ0n) is 3.62. The minimum Gasteiger partial charge on any atom is -0.442 e. The maximum absolute atomic E-state index is 9.85. The Morgan fingerprint density at radius 2 is 2.43 bits per heavy atom. The lowest BCUT2D eigenvalue weighted by Crippen LogP contribution is -2.06. The standard InChI is InChI=1S/C2H6NO2S2/c3-1-2-5-7(4)6/h1-3H2/q-1. The minimum absolute atomic E-state index is 0.274. The molecular formula is C2H6NO2S2-. The summed E-state index contributed by atoms with van der Waals surface area (Å²) in [6.07, 6.45) is 0. The van der Waals surface area contributed by atoms with Crippen LogP contribution in [0.4, 0.5) is 0 Å². The number of hydrogen-bond donors (Lipinski definition) is 1. The summed E-state index contributed by atoms with van der Waals surface area (Å²) in [6.45, 7) is 0.637. The van der Waals surface area contributed by atoms with Crippen LogP contribution in [0.3, 0.4) is 0 Å². The van der Waals surface area contributed by atoms with E-state index >= 15 is 0 Å². The molecule has 3 nitrogen and oxygen atoms in total. The number of rotatable bonds is 3. The average molecular weight is 140 g/mol. The van der Waals surface area contributed by atoms with Crippen molar-refractivity contribution in [1.29, 1.82) is 0 Å². The van der Waals surface area contributed by atoms with Crippen molar-refractivity contribution < 1.29 is 8.39 Å². The normalized spacial score (nSPS) is 10.0. The van der Waals surface area contributed by atoms with E-state index in [4.69, 9.17) is 5.73 Å². The fourth-order valence-corrected chi connectivity index (χ4v) is 0.553. The highest BCUT2D eigenvalue weighted by Gasteiger charge is 1.67. The van der Waals surface area contributed by atoms with Crippen molar-refractivity contribution in [2.45, 2.75) is 0 Å². The summed E-state index contributed by atoms with van der Waals surface area (Å²) >= 11 is 4.14. The Labute approximate surface area is 48.8 Å². The lowest BCUT2D eigenvalue weighted by atomic mass is 10.8. The third-order valence-corrected chi connectivity index (χ3v) is 0.945. The molecule has 0 saturated carbocycles. The summed E-state index contributed by atoms with van der Waals surface area (Å²) in [5.74, 6) is 0. The van der Waals surface area contributed by atoms with Gasteiger partial charge >= 0.3 is 0 Å². The first-order chi connectivity index (χ1) is 3.27. The summed E-state index contributed by atoms with van der Waals surface area (Å²) in [5.41, 5.74) is 4.97. The fourth-order valence-electron chi connectivity index (χ4n) is 0.116. The second kappa shape index (κ2) is 4.45. The van der Waals surface area contributed by atoms with Gasteiger partial charge in [-0.25, -0.2) is 11.2 Å². The van der Waals surface area contributed by atoms with Gasteiger partial charge in [0, 0.05) is 13.2 Å². The van der Waals surface area contributed by atoms with E-state index < -0.39 is 9.64 Å². The van der Waals surface area contributed by atoms with E-state index in [2.05, 4.69) is 15.4 Å². The van der Waals surface area contributed by atoms with Crippen molar-refractivity contribution in [1.82, 2.24) is 0 Å². The molecule has 0 rings (SSSR count). The molecule has 0 aromatic carbocycles. The monoisotopic (exact) mass is 140 g/mol. The van der Waals surface area contributed by atoms with Crippen molar-refractivity contribution in [2.75, 3.05) is 13.2 Å². The zero-order valence-corrected chi connectivity index (χ0v) is 5.26. The summed E-state index contributed by atoms with van der Waals surface area (Å²) in [5, 5.41) is 0. The van der Waals surface area contributed by atoms with Crippen molar-refractivity contribution in [3.63, 3.8) is 0 Å². The third-order valence-electron chi connectivity index (χ3n) is 0.297. The molecule has 0 aliphatic heterocycles. The number of hydrogen-bond acceptors (Lipinski definition) is 5. The van der Waals surface area contributed by atoms with Gasteiger partial charge in [-0.1, -0.05) is 9.64 Å². The molecule has 0 radical (unpaired) electrons. The van der Waals surface area contributed by atoms with Crippen LogP contribution in [-0.4, -0.2) is 13.2 Å². The summed E-state index contributed by atoms with van der Waals surface area (Å²) in [6, 6.07) is 0. The van der Waals surface area contributed by atoms with Gasteiger partial charge in [0.25, 0.3) is 0 Å². The van der Waals surface area contributed by atoms with Gasteiger partial charge in [-0.15, -0.1) is 0 Å². The van der Waals surface area contributed by atoms with Gasteiger partial charge in [0.05, 0.1) is 0 Å². The molecule has 7 heavy (non-hydrogen) atoms. The van der Waals surface area contributed by atoms with Crippen molar-refractivity contribution in [3.05, 3.63) is 0 Å². The van der Waals surface area contributed by atoms with Crippen molar-refractivity contribution in [2.24, 2.45) is 5.73 Å². The molecule has 0 aromatic heterocycles. The Morgan fingerprint density at radius 1 is 1.86 bits per heavy atom. The van der Waals surface area contributed by atoms with Crippen LogP contribution in [-0.2, 0) is 29.2 Å². The maximum atomic E-state index is 9.85. The van der Waals surface area contributed by atoms with Gasteiger partial charge < -0.3 is 14.1 Å². The molecule has 0 saturated heterocycles. The first-order valence-corrected chi connectivity index (χ1v) is 3.70. The van der Waals surface area contributed by atoms with E-state index in [1.165, 1.54) is 0 Å². The van der Waals surface area contributed by atoms with Crippen LogP contribution in [0.2, 0.25) is 0 Å². The molecule has 0 spiro atoms. The van der Waals surface area contributed by atoms with E-state index in [1.54, 1.807) is 0 Å². The molecule has 0 aliphatic rings. The highest BCUT2D eigenvalue weighted by molar-refractivity contribution is 8.19. The average Bonchev–Trinajstić information content (AvgIpc) is 1.61. The molecule has 0 amide bonds. The molecule has 0 aromatic rings. The Kier molecular flexibility index (Phi) is 4.63. The molecule has 44 valence electrons. The fraction of sp³-hybridized carbons (Fsp3) is 1.00. The van der Waals surface area contributed by atoms with E-state index in [9.17, 15) is 4.21 Å². The van der Waals surface area contributed by atoms with E-state index in [-0.39, 0.29) is 6.61 Å². The molecule has 0 unspecified atom stereocenters. The van der Waals surface area contributed by atoms with E-state index in [0.717, 1.165) is 0 Å². The van der Waals surface area contributed by atoms with Gasteiger partial charge in [-0.05, 0) is 0 Å². The largest absolute Gasteiger partial charge is 0.442 e. The van der Waals surface area contributed by atoms with Crippen LogP contribution < -0.4 is 5.73 Å². The molecule has 2 N–H and O–H groups in total. The number of nitrogens with two attached hydrogens (primary N) is 1. The van der Waals surface area contributed by atoms with E-state index in [1.807, 2.05) is 0 Å². The zero-order chi connectivity index (χ0) is 5.70. The lowest BCUT2D eigenvalue weighted by Gasteiger charge is -1.98. The predicted molar refractivity (Wildman–Crippen MR) is 30.4 cm³/mol. The summed E-state index contributed by atoms with van der Waals surface area (Å²) in [4.78, 5) is 0. The van der Waals surface area contributed by atoms with Crippen molar-refractivity contribution >= 4 is 20.8 Å². The first-order valence-electron chi connectivity index (χ1n) is 1.70. The van der Waals surface area contributed by atoms with Gasteiger partial charge in [-0.3, -0.25) is 0 Å². The van der Waals surface area contributed by atoms with Crippen LogP contribution >= 0.6 is 0 Å².